The summed E-state index contributed by atoms with van der Waals surface area (Å²) in [7, 11) is 4.74. The molecule has 3 aromatic rings. The molecule has 1 unspecified atom stereocenters. The molecule has 1 atom stereocenters. The maximum Gasteiger partial charge on any atom is 0.227 e. The van der Waals surface area contributed by atoms with Crippen molar-refractivity contribution >= 4 is 17.4 Å². The topological polar surface area (TPSA) is 82.6 Å². The third kappa shape index (κ3) is 4.03. The van der Waals surface area contributed by atoms with Gasteiger partial charge in [0.15, 0.2) is 17.3 Å². The normalized spacial score (nSPS) is 15.2. The first-order valence-electron chi connectivity index (χ1n) is 10.1. The number of methoxy groups -OCH3 is 3. The van der Waals surface area contributed by atoms with E-state index in [-0.39, 0.29) is 11.7 Å². The summed E-state index contributed by atoms with van der Waals surface area (Å²) in [5, 5.41) is 3.23. The monoisotopic (exact) mass is 419 g/mol. The van der Waals surface area contributed by atoms with Gasteiger partial charge >= 0.3 is 0 Å². The van der Waals surface area contributed by atoms with Gasteiger partial charge in [0.2, 0.25) is 11.7 Å². The summed E-state index contributed by atoms with van der Waals surface area (Å²) in [6, 6.07) is 13.5. The summed E-state index contributed by atoms with van der Waals surface area (Å²) < 4.78 is 16.4. The van der Waals surface area contributed by atoms with Gasteiger partial charge in [0, 0.05) is 12.1 Å². The third-order valence-electron chi connectivity index (χ3n) is 5.50. The van der Waals surface area contributed by atoms with Crippen LogP contribution >= 0.6 is 0 Å². The van der Waals surface area contributed by atoms with Crippen LogP contribution < -0.4 is 19.5 Å². The van der Waals surface area contributed by atoms with Gasteiger partial charge in [0.05, 0.1) is 38.3 Å². The fourth-order valence-corrected chi connectivity index (χ4v) is 4.05. The molecule has 160 valence electrons. The summed E-state index contributed by atoms with van der Waals surface area (Å²) in [5.74, 6) is 2.15. The zero-order valence-electron chi connectivity index (χ0n) is 18.1. The van der Waals surface area contributed by atoms with Crippen LogP contribution in [0.2, 0.25) is 0 Å². The minimum Gasteiger partial charge on any atom is -0.493 e. The molecule has 7 nitrogen and oxygen atoms in total. The first-order chi connectivity index (χ1) is 15.0. The molecule has 0 saturated carbocycles. The zero-order valence-corrected chi connectivity index (χ0v) is 18.1. The van der Waals surface area contributed by atoms with Gasteiger partial charge in [-0.25, -0.2) is 9.97 Å². The van der Waals surface area contributed by atoms with E-state index in [0.29, 0.717) is 47.3 Å². The van der Waals surface area contributed by atoms with Gasteiger partial charge in [-0.05, 0) is 49.1 Å². The van der Waals surface area contributed by atoms with Gasteiger partial charge in [-0.2, -0.15) is 0 Å². The Labute approximate surface area is 181 Å². The lowest BCUT2D eigenvalue weighted by Crippen LogP contribution is -2.23. The molecule has 0 bridgehead atoms. The standard InChI is InChI=1S/C24H25N3O4/c1-14-22-18(27-24(25-14)26-17-8-6-5-7-9-17)10-15(11-19(22)28)16-12-20(29-2)23(31-4)21(13-16)30-3/h5-9,12-13,15H,10-11H2,1-4H3,(H,25,26,27). The van der Waals surface area contributed by atoms with E-state index in [9.17, 15) is 4.79 Å². The lowest BCUT2D eigenvalue weighted by Gasteiger charge is -2.26. The highest BCUT2D eigenvalue weighted by molar-refractivity contribution is 5.99. The summed E-state index contributed by atoms with van der Waals surface area (Å²) in [5.41, 5.74) is 3.91. The highest BCUT2D eigenvalue weighted by Crippen LogP contribution is 2.42. The molecule has 0 spiro atoms. The number of aromatic nitrogens is 2. The fraction of sp³-hybridized carbons (Fsp3) is 0.292. The van der Waals surface area contributed by atoms with Crippen LogP contribution in [0.3, 0.4) is 0 Å². The molecular weight excluding hydrogens is 394 g/mol. The number of fused-ring (bicyclic) bond motifs is 1. The second-order valence-electron chi connectivity index (χ2n) is 7.43. The van der Waals surface area contributed by atoms with Gasteiger partial charge in [-0.3, -0.25) is 4.79 Å². The Morgan fingerprint density at radius 3 is 2.23 bits per heavy atom. The van der Waals surface area contributed by atoms with E-state index in [2.05, 4.69) is 15.3 Å². The molecule has 0 fully saturated rings. The van der Waals surface area contributed by atoms with E-state index in [4.69, 9.17) is 14.2 Å². The van der Waals surface area contributed by atoms with Crippen LogP contribution in [0, 0.1) is 6.92 Å². The highest BCUT2D eigenvalue weighted by atomic mass is 16.5. The molecule has 4 rings (SSSR count). The van der Waals surface area contributed by atoms with Crippen LogP contribution in [0.1, 0.15) is 39.6 Å². The van der Waals surface area contributed by atoms with Crippen molar-refractivity contribution < 1.29 is 19.0 Å². The Morgan fingerprint density at radius 2 is 1.61 bits per heavy atom. The maximum atomic E-state index is 13.0. The molecule has 0 aliphatic heterocycles. The van der Waals surface area contributed by atoms with Crippen molar-refractivity contribution in [2.75, 3.05) is 26.6 Å². The Kier molecular flexibility index (Phi) is 5.75. The van der Waals surface area contributed by atoms with Crippen molar-refractivity contribution in [3.8, 4) is 17.2 Å². The summed E-state index contributed by atoms with van der Waals surface area (Å²) in [4.78, 5) is 22.2. The number of rotatable bonds is 6. The SMILES string of the molecule is COc1cc(C2CC(=O)c3c(C)nc(Nc4ccccc4)nc3C2)cc(OC)c1OC. The van der Waals surface area contributed by atoms with E-state index < -0.39 is 0 Å². The van der Waals surface area contributed by atoms with Crippen molar-refractivity contribution in [2.45, 2.75) is 25.7 Å². The number of anilines is 2. The van der Waals surface area contributed by atoms with Crippen molar-refractivity contribution in [3.05, 3.63) is 65.0 Å². The third-order valence-corrected chi connectivity index (χ3v) is 5.50. The number of hydrogen-bond donors (Lipinski definition) is 1. The molecule has 0 amide bonds. The maximum absolute atomic E-state index is 13.0. The number of ketones is 1. The van der Waals surface area contributed by atoms with Crippen molar-refractivity contribution in [1.29, 1.82) is 0 Å². The number of nitrogens with one attached hydrogen (secondary N) is 1. The van der Waals surface area contributed by atoms with E-state index >= 15 is 0 Å². The first kappa shape index (κ1) is 20.7. The first-order valence-corrected chi connectivity index (χ1v) is 10.1. The minimum atomic E-state index is -0.0485. The minimum absolute atomic E-state index is 0.0452. The molecule has 0 saturated heterocycles. The molecule has 1 heterocycles. The molecular formula is C24H25N3O4. The van der Waals surface area contributed by atoms with Crippen molar-refractivity contribution in [1.82, 2.24) is 9.97 Å². The second-order valence-corrected chi connectivity index (χ2v) is 7.43. The summed E-state index contributed by atoms with van der Waals surface area (Å²) in [6.07, 6.45) is 0.994. The Morgan fingerprint density at radius 1 is 0.935 bits per heavy atom. The predicted octanol–water partition coefficient (Wildman–Crippen LogP) is 4.47. The van der Waals surface area contributed by atoms with Crippen molar-refractivity contribution in [3.63, 3.8) is 0 Å². The number of benzene rings is 2. The van der Waals surface area contributed by atoms with E-state index in [1.807, 2.05) is 49.4 Å². The van der Waals surface area contributed by atoms with Gasteiger partial charge < -0.3 is 19.5 Å². The summed E-state index contributed by atoms with van der Waals surface area (Å²) in [6.45, 7) is 1.86. The molecule has 1 aliphatic rings. The second kappa shape index (κ2) is 8.63. The predicted molar refractivity (Wildman–Crippen MR) is 118 cm³/mol. The molecule has 1 N–H and O–H groups in total. The van der Waals surface area contributed by atoms with Gasteiger partial charge in [-0.15, -0.1) is 0 Å². The van der Waals surface area contributed by atoms with E-state index in [1.54, 1.807) is 21.3 Å². The van der Waals surface area contributed by atoms with Crippen LogP contribution in [0.25, 0.3) is 0 Å². The number of hydrogen-bond acceptors (Lipinski definition) is 7. The highest BCUT2D eigenvalue weighted by Gasteiger charge is 2.31. The van der Waals surface area contributed by atoms with Crippen LogP contribution in [-0.4, -0.2) is 37.1 Å². The molecule has 1 aromatic heterocycles. The van der Waals surface area contributed by atoms with Crippen LogP contribution in [-0.2, 0) is 6.42 Å². The zero-order chi connectivity index (χ0) is 22.0. The van der Waals surface area contributed by atoms with Gasteiger partial charge in [-0.1, -0.05) is 18.2 Å². The number of para-hydroxylation sites is 1. The number of nitrogens with zero attached hydrogens (tertiary/aromatic N) is 2. The van der Waals surface area contributed by atoms with Crippen LogP contribution in [0.5, 0.6) is 17.2 Å². The average molecular weight is 419 g/mol. The Bertz CT molecular complexity index is 1090. The largest absolute Gasteiger partial charge is 0.493 e. The molecule has 7 heteroatoms. The van der Waals surface area contributed by atoms with E-state index in [1.165, 1.54) is 0 Å². The lowest BCUT2D eigenvalue weighted by molar-refractivity contribution is 0.0962. The number of ether oxygens (including phenoxy) is 3. The smallest absolute Gasteiger partial charge is 0.227 e. The number of Topliss-reactive ketones (excluding diaryl/α,β-unsaturated/α-hetero) is 1. The molecule has 31 heavy (non-hydrogen) atoms. The lowest BCUT2D eigenvalue weighted by atomic mass is 9.81. The van der Waals surface area contributed by atoms with Crippen LogP contribution in [0.15, 0.2) is 42.5 Å². The molecule has 0 radical (unpaired) electrons. The Hall–Kier alpha value is -3.61. The number of aryl methyl sites for hydroxylation is 1. The quantitative estimate of drug-likeness (QED) is 0.631. The number of carbonyl (C=O) groups excluding carboxylic acids is 1. The van der Waals surface area contributed by atoms with Gasteiger partial charge in [0.25, 0.3) is 0 Å². The van der Waals surface area contributed by atoms with E-state index in [0.717, 1.165) is 16.9 Å². The number of carbonyl (C=O) groups is 1. The fourth-order valence-electron chi connectivity index (χ4n) is 4.05. The van der Waals surface area contributed by atoms with Crippen LogP contribution in [0.4, 0.5) is 11.6 Å². The average Bonchev–Trinajstić information content (AvgIpc) is 2.78. The molecule has 2 aromatic carbocycles. The molecule has 1 aliphatic carbocycles. The Balaban J connectivity index is 1.70. The summed E-state index contributed by atoms with van der Waals surface area (Å²) >= 11 is 0. The van der Waals surface area contributed by atoms with Gasteiger partial charge in [0.1, 0.15) is 0 Å². The van der Waals surface area contributed by atoms with Crippen molar-refractivity contribution in [2.24, 2.45) is 0 Å².